The number of aromatic nitrogens is 1. The lowest BCUT2D eigenvalue weighted by Crippen LogP contribution is -2.48. The van der Waals surface area contributed by atoms with E-state index in [2.05, 4.69) is 10.3 Å². The summed E-state index contributed by atoms with van der Waals surface area (Å²) in [5, 5.41) is 6.43. The number of esters is 1. The third-order valence-electron chi connectivity index (χ3n) is 4.31. The third kappa shape index (κ3) is 5.07. The lowest BCUT2D eigenvalue weighted by molar-refractivity contribution is -0.189. The highest BCUT2D eigenvalue weighted by atomic mass is 32.1. The Morgan fingerprint density at radius 2 is 2.04 bits per heavy atom. The highest BCUT2D eigenvalue weighted by Crippen LogP contribution is 2.37. The summed E-state index contributed by atoms with van der Waals surface area (Å²) in [4.78, 5) is 29.0. The number of hydrogen-bond acceptors (Lipinski definition) is 6. The Labute approximate surface area is 161 Å². The van der Waals surface area contributed by atoms with Gasteiger partial charge in [0.05, 0.1) is 10.8 Å². The molecule has 0 aromatic carbocycles. The van der Waals surface area contributed by atoms with Gasteiger partial charge < -0.3 is 10.1 Å². The number of amides is 1. The molecule has 1 fully saturated rings. The Morgan fingerprint density at radius 1 is 1.26 bits per heavy atom. The number of nitrogens with one attached hydrogen (secondary N) is 1. The van der Waals surface area contributed by atoms with Crippen molar-refractivity contribution in [3.8, 4) is 9.88 Å². The lowest BCUT2D eigenvalue weighted by Gasteiger charge is -2.33. The molecular weight excluding hydrogens is 401 g/mol. The number of thiazole rings is 1. The van der Waals surface area contributed by atoms with Gasteiger partial charge in [-0.05, 0) is 24.3 Å². The van der Waals surface area contributed by atoms with Crippen LogP contribution >= 0.6 is 22.7 Å². The third-order valence-corrected chi connectivity index (χ3v) is 6.19. The first-order valence-electron chi connectivity index (χ1n) is 8.37. The van der Waals surface area contributed by atoms with Crippen molar-refractivity contribution in [2.75, 3.05) is 6.61 Å². The van der Waals surface area contributed by atoms with Gasteiger partial charge in [0.15, 0.2) is 12.3 Å². The van der Waals surface area contributed by atoms with E-state index in [1.165, 1.54) is 28.1 Å². The van der Waals surface area contributed by atoms with Crippen molar-refractivity contribution in [3.63, 3.8) is 0 Å². The van der Waals surface area contributed by atoms with Gasteiger partial charge in [0.2, 0.25) is 0 Å². The van der Waals surface area contributed by atoms with Crippen LogP contribution in [-0.4, -0.2) is 35.7 Å². The minimum atomic E-state index is -4.35. The number of halogens is 3. The quantitative estimate of drug-likeness (QED) is 0.737. The van der Waals surface area contributed by atoms with Gasteiger partial charge in [-0.3, -0.25) is 4.79 Å². The molecule has 0 radical (unpaired) electrons. The van der Waals surface area contributed by atoms with Crippen molar-refractivity contribution in [2.45, 2.75) is 37.9 Å². The number of rotatable bonds is 5. The topological polar surface area (TPSA) is 68.3 Å². The van der Waals surface area contributed by atoms with Crippen LogP contribution in [0.5, 0.6) is 0 Å². The van der Waals surface area contributed by atoms with Crippen molar-refractivity contribution in [1.29, 1.82) is 0 Å². The van der Waals surface area contributed by atoms with Gasteiger partial charge in [-0.25, -0.2) is 9.78 Å². The molecule has 1 aliphatic carbocycles. The minimum absolute atomic E-state index is 0.00143. The van der Waals surface area contributed by atoms with Crippen LogP contribution in [0, 0.1) is 5.92 Å². The maximum Gasteiger partial charge on any atom is 0.393 e. The van der Waals surface area contributed by atoms with Crippen molar-refractivity contribution in [3.05, 3.63) is 28.6 Å². The number of ether oxygens (including phenoxy) is 1. The second-order valence-corrected chi connectivity index (χ2v) is 8.00. The zero-order valence-electron chi connectivity index (χ0n) is 14.1. The first-order valence-corrected chi connectivity index (χ1v) is 10.1. The summed E-state index contributed by atoms with van der Waals surface area (Å²) in [6.07, 6.45) is -2.98. The lowest BCUT2D eigenvalue weighted by atomic mass is 9.84. The van der Waals surface area contributed by atoms with Gasteiger partial charge in [-0.2, -0.15) is 13.2 Å². The summed E-state index contributed by atoms with van der Waals surface area (Å²) >= 11 is 2.75. The fourth-order valence-electron chi connectivity index (χ4n) is 3.03. The molecule has 2 heterocycles. The molecular formula is C17H17F3N2O3S2. The molecule has 0 spiro atoms. The molecule has 10 heteroatoms. The predicted molar refractivity (Wildman–Crippen MR) is 95.7 cm³/mol. The number of carbonyl (C=O) groups excluding carboxylic acids is 2. The molecule has 0 saturated heterocycles. The second kappa shape index (κ2) is 8.39. The molecule has 2 atom stereocenters. The number of carbonyl (C=O) groups is 2. The predicted octanol–water partition coefficient (Wildman–Crippen LogP) is 4.27. The second-order valence-electron chi connectivity index (χ2n) is 6.20. The molecule has 1 saturated carbocycles. The van der Waals surface area contributed by atoms with E-state index in [-0.39, 0.29) is 18.5 Å². The van der Waals surface area contributed by atoms with Gasteiger partial charge in [-0.1, -0.05) is 18.9 Å². The SMILES string of the molecule is O=C(COC(=O)c1csc(-c2cccs2)n1)N[C@H]1CCCC[C@@H]1C(F)(F)F. The van der Waals surface area contributed by atoms with E-state index < -0.39 is 36.6 Å². The summed E-state index contributed by atoms with van der Waals surface area (Å²) in [7, 11) is 0. The van der Waals surface area contributed by atoms with Gasteiger partial charge in [0.1, 0.15) is 5.01 Å². The Hall–Kier alpha value is -1.94. The highest BCUT2D eigenvalue weighted by Gasteiger charge is 2.45. The molecule has 1 amide bonds. The van der Waals surface area contributed by atoms with Crippen LogP contribution in [0.2, 0.25) is 0 Å². The number of hydrogen-bond donors (Lipinski definition) is 1. The molecule has 27 heavy (non-hydrogen) atoms. The van der Waals surface area contributed by atoms with Gasteiger partial charge >= 0.3 is 12.1 Å². The Kier molecular flexibility index (Phi) is 6.15. The maximum absolute atomic E-state index is 13.1. The minimum Gasteiger partial charge on any atom is -0.451 e. The van der Waals surface area contributed by atoms with E-state index in [0.29, 0.717) is 17.8 Å². The molecule has 2 aromatic heterocycles. The van der Waals surface area contributed by atoms with Crippen molar-refractivity contribution in [2.24, 2.45) is 5.92 Å². The normalized spacial score (nSPS) is 20.3. The summed E-state index contributed by atoms with van der Waals surface area (Å²) in [5.41, 5.74) is 0.0713. The molecule has 146 valence electrons. The molecule has 5 nitrogen and oxygen atoms in total. The van der Waals surface area contributed by atoms with Gasteiger partial charge in [-0.15, -0.1) is 22.7 Å². The van der Waals surface area contributed by atoms with Crippen LogP contribution in [0.15, 0.2) is 22.9 Å². The number of thiophene rings is 1. The van der Waals surface area contributed by atoms with Crippen LogP contribution in [0.3, 0.4) is 0 Å². The van der Waals surface area contributed by atoms with E-state index >= 15 is 0 Å². The van der Waals surface area contributed by atoms with Crippen LogP contribution in [0.4, 0.5) is 13.2 Å². The van der Waals surface area contributed by atoms with Crippen LogP contribution in [0.1, 0.15) is 36.2 Å². The summed E-state index contributed by atoms with van der Waals surface area (Å²) in [6.45, 7) is -0.633. The molecule has 0 aliphatic heterocycles. The van der Waals surface area contributed by atoms with Crippen LogP contribution in [0.25, 0.3) is 9.88 Å². The molecule has 0 bridgehead atoms. The zero-order chi connectivity index (χ0) is 19.4. The fourth-order valence-corrected chi connectivity index (χ4v) is 4.63. The summed E-state index contributed by atoms with van der Waals surface area (Å²) < 4.78 is 44.1. The average molecular weight is 418 g/mol. The van der Waals surface area contributed by atoms with E-state index in [4.69, 9.17) is 4.74 Å². The number of nitrogens with zero attached hydrogens (tertiary/aromatic N) is 1. The molecule has 0 unspecified atom stereocenters. The molecule has 2 aromatic rings. The van der Waals surface area contributed by atoms with Crippen molar-refractivity contribution in [1.82, 2.24) is 10.3 Å². The molecule has 1 aliphatic rings. The van der Waals surface area contributed by atoms with E-state index in [9.17, 15) is 22.8 Å². The highest BCUT2D eigenvalue weighted by molar-refractivity contribution is 7.20. The first kappa shape index (κ1) is 19.8. The molecule has 1 N–H and O–H groups in total. The zero-order valence-corrected chi connectivity index (χ0v) is 15.8. The van der Waals surface area contributed by atoms with Crippen molar-refractivity contribution < 1.29 is 27.5 Å². The van der Waals surface area contributed by atoms with E-state index in [1.54, 1.807) is 0 Å². The van der Waals surface area contributed by atoms with Crippen LogP contribution in [-0.2, 0) is 9.53 Å². The number of alkyl halides is 3. The Bertz CT molecular complexity index is 790. The summed E-state index contributed by atoms with van der Waals surface area (Å²) in [6, 6.07) is 2.76. The molecule has 3 rings (SSSR count). The van der Waals surface area contributed by atoms with Gasteiger partial charge in [0.25, 0.3) is 5.91 Å². The largest absolute Gasteiger partial charge is 0.451 e. The maximum atomic E-state index is 13.1. The van der Waals surface area contributed by atoms with Crippen molar-refractivity contribution >= 4 is 34.6 Å². The Morgan fingerprint density at radius 3 is 2.74 bits per heavy atom. The van der Waals surface area contributed by atoms with E-state index in [1.807, 2.05) is 17.5 Å². The van der Waals surface area contributed by atoms with Crippen LogP contribution < -0.4 is 5.32 Å². The average Bonchev–Trinajstić information content (AvgIpc) is 3.30. The monoisotopic (exact) mass is 418 g/mol. The standard InChI is InChI=1S/C17H17F3N2O3S2/c18-17(19,20)10-4-1-2-5-11(10)21-14(23)8-25-16(24)12-9-27-15(22-12)13-6-3-7-26-13/h3,6-7,9-11H,1-2,4-5,8H2,(H,21,23)/t10-,11-/m0/s1. The fraction of sp³-hybridized carbons (Fsp3) is 0.471. The van der Waals surface area contributed by atoms with E-state index in [0.717, 1.165) is 4.88 Å². The Balaban J connectivity index is 1.52. The first-order chi connectivity index (χ1) is 12.8. The summed E-state index contributed by atoms with van der Waals surface area (Å²) in [5.74, 6) is -3.07. The van der Waals surface area contributed by atoms with Gasteiger partial charge in [0, 0.05) is 11.4 Å². The smallest absolute Gasteiger partial charge is 0.393 e.